The molecule has 3 aliphatic rings. The largest absolute Gasteiger partial charge is 0.363 e. The van der Waals surface area contributed by atoms with Gasteiger partial charge in [-0.2, -0.15) is 11.8 Å². The third-order valence-electron chi connectivity index (χ3n) is 5.22. The molecule has 4 rings (SSSR count). The zero-order valence-electron chi connectivity index (χ0n) is 12.5. The first kappa shape index (κ1) is 14.7. The molecule has 22 heavy (non-hydrogen) atoms. The van der Waals surface area contributed by atoms with Gasteiger partial charge in [0.2, 0.25) is 0 Å². The normalized spacial score (nSPS) is 42.8. The van der Waals surface area contributed by atoms with E-state index in [4.69, 9.17) is 9.47 Å². The van der Waals surface area contributed by atoms with Crippen molar-refractivity contribution in [3.05, 3.63) is 35.9 Å². The monoisotopic (exact) mass is 320 g/mol. The Bertz CT molecular complexity index is 592. The molecule has 3 bridgehead atoms. The fourth-order valence-electron chi connectivity index (χ4n) is 3.85. The molecule has 1 aliphatic carbocycles. The van der Waals surface area contributed by atoms with Gasteiger partial charge in [-0.1, -0.05) is 30.3 Å². The second-order valence-electron chi connectivity index (χ2n) is 6.74. The highest BCUT2D eigenvalue weighted by atomic mass is 32.2. The summed E-state index contributed by atoms with van der Waals surface area (Å²) in [4.78, 5) is 12.4. The van der Waals surface area contributed by atoms with E-state index in [0.717, 1.165) is 11.5 Å². The number of Topliss-reactive ketones (excluding diaryl/α,β-unsaturated/α-hetero) is 1. The lowest BCUT2D eigenvalue weighted by Crippen LogP contribution is -2.59. The molecule has 2 heterocycles. The number of carbonyl (C=O) groups is 1. The van der Waals surface area contributed by atoms with Gasteiger partial charge in [-0.25, -0.2) is 0 Å². The van der Waals surface area contributed by atoms with Crippen molar-refractivity contribution in [2.45, 2.75) is 43.2 Å². The van der Waals surface area contributed by atoms with Gasteiger partial charge in [-0.15, -0.1) is 0 Å². The molecule has 3 fully saturated rings. The van der Waals surface area contributed by atoms with Crippen molar-refractivity contribution in [3.63, 3.8) is 0 Å². The molecule has 5 atom stereocenters. The van der Waals surface area contributed by atoms with Crippen LogP contribution in [0.3, 0.4) is 0 Å². The first-order valence-corrected chi connectivity index (χ1v) is 8.89. The van der Waals surface area contributed by atoms with Gasteiger partial charge in [-0.05, 0) is 12.5 Å². The van der Waals surface area contributed by atoms with E-state index in [-0.39, 0.29) is 24.0 Å². The van der Waals surface area contributed by atoms with Crippen molar-refractivity contribution in [2.75, 3.05) is 5.75 Å². The Kier molecular flexibility index (Phi) is 3.38. The van der Waals surface area contributed by atoms with Crippen LogP contribution in [0.25, 0.3) is 0 Å². The summed E-state index contributed by atoms with van der Waals surface area (Å²) < 4.78 is 11.7. The van der Waals surface area contributed by atoms with Crippen LogP contribution in [0.1, 0.15) is 25.3 Å². The van der Waals surface area contributed by atoms with Crippen LogP contribution in [0.2, 0.25) is 0 Å². The zero-order valence-corrected chi connectivity index (χ0v) is 13.3. The van der Waals surface area contributed by atoms with E-state index in [1.807, 2.05) is 18.2 Å². The molecule has 0 unspecified atom stereocenters. The number of ketones is 1. The van der Waals surface area contributed by atoms with Gasteiger partial charge < -0.3 is 14.6 Å². The Hall–Kier alpha value is -0.880. The van der Waals surface area contributed by atoms with Gasteiger partial charge in [0.25, 0.3) is 0 Å². The quantitative estimate of drug-likeness (QED) is 0.923. The number of ether oxygens (including phenoxy) is 2. The second-order valence-corrected chi connectivity index (χ2v) is 7.77. The van der Waals surface area contributed by atoms with E-state index in [2.05, 4.69) is 12.1 Å². The van der Waals surface area contributed by atoms with Gasteiger partial charge in [0.1, 0.15) is 11.4 Å². The first-order valence-electron chi connectivity index (χ1n) is 7.73. The minimum Gasteiger partial charge on any atom is -0.363 e. The summed E-state index contributed by atoms with van der Waals surface area (Å²) in [7, 11) is 0. The summed E-state index contributed by atoms with van der Waals surface area (Å²) in [5, 5.41) is 10.6. The van der Waals surface area contributed by atoms with E-state index in [1.54, 1.807) is 18.7 Å². The molecule has 1 aromatic rings. The lowest BCUT2D eigenvalue weighted by molar-refractivity contribution is -0.266. The number of hydrogen-bond donors (Lipinski definition) is 1. The number of benzene rings is 1. The van der Waals surface area contributed by atoms with Crippen molar-refractivity contribution in [1.29, 1.82) is 0 Å². The van der Waals surface area contributed by atoms with E-state index in [0.29, 0.717) is 6.42 Å². The molecule has 4 nitrogen and oxygen atoms in total. The fourth-order valence-corrected chi connectivity index (χ4v) is 5.05. The Balaban J connectivity index is 1.46. The number of carbonyl (C=O) groups excluding carboxylic acids is 1. The number of hydrogen-bond acceptors (Lipinski definition) is 5. The number of rotatable bonds is 4. The maximum atomic E-state index is 12.4. The zero-order chi connectivity index (χ0) is 15.4. The highest BCUT2D eigenvalue weighted by molar-refractivity contribution is 7.98. The van der Waals surface area contributed by atoms with Crippen LogP contribution < -0.4 is 0 Å². The van der Waals surface area contributed by atoms with Crippen LogP contribution >= 0.6 is 11.8 Å². The maximum absolute atomic E-state index is 12.4. The lowest BCUT2D eigenvalue weighted by Gasteiger charge is -2.45. The van der Waals surface area contributed by atoms with Gasteiger partial charge in [0.05, 0.1) is 0 Å². The highest BCUT2D eigenvalue weighted by Crippen LogP contribution is 2.56. The average Bonchev–Trinajstić information content (AvgIpc) is 2.65. The Morgan fingerprint density at radius 2 is 2.09 bits per heavy atom. The van der Waals surface area contributed by atoms with Crippen LogP contribution in [-0.2, 0) is 20.0 Å². The Labute approximate surface area is 134 Å². The molecule has 1 aromatic carbocycles. The van der Waals surface area contributed by atoms with Crippen molar-refractivity contribution in [1.82, 2.24) is 0 Å². The van der Waals surface area contributed by atoms with E-state index in [9.17, 15) is 9.90 Å². The molecule has 0 aromatic heterocycles. The third kappa shape index (κ3) is 2.14. The lowest BCUT2D eigenvalue weighted by atomic mass is 9.70. The smallest absolute Gasteiger partial charge is 0.198 e. The number of fused-ring (bicyclic) bond motifs is 2. The third-order valence-corrected chi connectivity index (χ3v) is 6.38. The molecular formula is C17H20O4S. The van der Waals surface area contributed by atoms with Gasteiger partial charge in [0, 0.05) is 36.2 Å². The van der Waals surface area contributed by atoms with Gasteiger partial charge in [0.15, 0.2) is 12.1 Å². The molecule has 2 saturated heterocycles. The molecule has 0 amide bonds. The van der Waals surface area contributed by atoms with Crippen molar-refractivity contribution < 1.29 is 19.4 Å². The van der Waals surface area contributed by atoms with Crippen molar-refractivity contribution >= 4 is 17.5 Å². The molecule has 5 heteroatoms. The van der Waals surface area contributed by atoms with E-state index >= 15 is 0 Å². The summed E-state index contributed by atoms with van der Waals surface area (Å²) in [5.74, 6) is 0.544. The second kappa shape index (κ2) is 5.06. The molecular weight excluding hydrogens is 300 g/mol. The standard InChI is InChI=1S/C17H20O4S/c1-16-8-14(18)12-7-17(16,19)21-15(20-16)13(12)10-22-9-11-5-3-2-4-6-11/h2-6,12-13,15,19H,7-10H2,1H3/t12-,13-,15+,16+,17-/m1/s1. The van der Waals surface area contributed by atoms with Crippen molar-refractivity contribution in [3.8, 4) is 0 Å². The van der Waals surface area contributed by atoms with E-state index in [1.165, 1.54) is 5.56 Å². The van der Waals surface area contributed by atoms with Gasteiger partial charge in [-0.3, -0.25) is 4.79 Å². The number of thioether (sulfide) groups is 1. The Morgan fingerprint density at radius 3 is 2.86 bits per heavy atom. The summed E-state index contributed by atoms with van der Waals surface area (Å²) in [6.45, 7) is 1.79. The summed E-state index contributed by atoms with van der Waals surface area (Å²) in [5.41, 5.74) is 0.403. The predicted molar refractivity (Wildman–Crippen MR) is 83.1 cm³/mol. The predicted octanol–water partition coefficient (Wildman–Crippen LogP) is 2.35. The summed E-state index contributed by atoms with van der Waals surface area (Å²) in [6.07, 6.45) is 0.170. The topological polar surface area (TPSA) is 55.8 Å². The highest BCUT2D eigenvalue weighted by Gasteiger charge is 2.69. The molecule has 0 spiro atoms. The Morgan fingerprint density at radius 1 is 1.32 bits per heavy atom. The van der Waals surface area contributed by atoms with Crippen LogP contribution in [-0.4, -0.2) is 34.3 Å². The van der Waals surface area contributed by atoms with Crippen molar-refractivity contribution in [2.24, 2.45) is 11.8 Å². The molecule has 0 radical (unpaired) electrons. The fraction of sp³-hybridized carbons (Fsp3) is 0.588. The molecule has 2 aliphatic heterocycles. The van der Waals surface area contributed by atoms with Crippen LogP contribution in [0.15, 0.2) is 30.3 Å². The maximum Gasteiger partial charge on any atom is 0.198 e. The van der Waals surface area contributed by atoms with Gasteiger partial charge >= 0.3 is 0 Å². The van der Waals surface area contributed by atoms with Crippen LogP contribution in [0.4, 0.5) is 0 Å². The van der Waals surface area contributed by atoms with Crippen LogP contribution in [0, 0.1) is 11.8 Å². The summed E-state index contributed by atoms with van der Waals surface area (Å²) >= 11 is 1.79. The SMILES string of the molecule is C[C@]12CC(=O)[C@@H]3C[C@@]1(O)O[C@H](O2)[C@@H]3CSCc1ccccc1. The molecule has 118 valence electrons. The first-order chi connectivity index (χ1) is 10.5. The molecule has 1 saturated carbocycles. The average molecular weight is 320 g/mol. The minimum absolute atomic E-state index is 0.0332. The van der Waals surface area contributed by atoms with E-state index < -0.39 is 17.7 Å². The molecule has 1 N–H and O–H groups in total. The number of aliphatic hydroxyl groups is 1. The summed E-state index contributed by atoms with van der Waals surface area (Å²) in [6, 6.07) is 10.3. The van der Waals surface area contributed by atoms with Crippen LogP contribution in [0.5, 0.6) is 0 Å². The minimum atomic E-state index is -1.28.